The van der Waals surface area contributed by atoms with Crippen molar-refractivity contribution in [2.24, 2.45) is 11.8 Å². The van der Waals surface area contributed by atoms with E-state index in [1.807, 2.05) is 31.2 Å². The minimum Gasteiger partial charge on any atom is -0.453 e. The summed E-state index contributed by atoms with van der Waals surface area (Å²) in [5.41, 5.74) is 1.06. The molecule has 1 aromatic carbocycles. The van der Waals surface area contributed by atoms with Crippen LogP contribution in [0.15, 0.2) is 24.3 Å². The maximum atomic E-state index is 11.8. The second kappa shape index (κ2) is 6.25. The van der Waals surface area contributed by atoms with Crippen LogP contribution in [0.5, 0.6) is 0 Å². The number of likely N-dealkylation sites (tertiary alicyclic amines) is 1. The SMILES string of the molecule is COC(=O)N1C[C@@H]2CCCC(O)(C#Cc3cccc(C)c3)[C@@H]2C1. The average Bonchev–Trinajstić information content (AvgIpc) is 2.98. The molecule has 0 spiro atoms. The molecule has 4 heteroatoms. The van der Waals surface area contributed by atoms with Gasteiger partial charge in [0.2, 0.25) is 0 Å². The lowest BCUT2D eigenvalue weighted by Gasteiger charge is -2.37. The van der Waals surface area contributed by atoms with Crippen LogP contribution in [0.4, 0.5) is 4.79 Å². The van der Waals surface area contributed by atoms with E-state index in [0.29, 0.717) is 25.4 Å². The van der Waals surface area contributed by atoms with Crippen LogP contribution in [-0.2, 0) is 4.74 Å². The molecule has 1 amide bonds. The Labute approximate surface area is 137 Å². The summed E-state index contributed by atoms with van der Waals surface area (Å²) in [7, 11) is 1.40. The standard InChI is InChI=1S/C19H23NO3/c1-14-5-3-6-15(11-14)8-10-19(22)9-4-7-16-12-20(13-17(16)19)18(21)23-2/h3,5-6,11,16-17,22H,4,7,9,12-13H2,1-2H3/t16-,17+,19?/m0/s1. The normalized spacial score (nSPS) is 29.4. The monoisotopic (exact) mass is 313 g/mol. The molecule has 1 aliphatic carbocycles. The van der Waals surface area contributed by atoms with E-state index in [1.54, 1.807) is 4.90 Å². The zero-order chi connectivity index (χ0) is 16.4. The first-order valence-corrected chi connectivity index (χ1v) is 8.17. The highest BCUT2D eigenvalue weighted by atomic mass is 16.5. The van der Waals surface area contributed by atoms with Crippen LogP contribution in [0.25, 0.3) is 0 Å². The van der Waals surface area contributed by atoms with Gasteiger partial charge in [-0.05, 0) is 49.8 Å². The van der Waals surface area contributed by atoms with Crippen LogP contribution >= 0.6 is 0 Å². The molecule has 1 heterocycles. The van der Waals surface area contributed by atoms with Crippen molar-refractivity contribution in [3.8, 4) is 11.8 Å². The van der Waals surface area contributed by atoms with Crippen LogP contribution in [0.1, 0.15) is 30.4 Å². The van der Waals surface area contributed by atoms with Gasteiger partial charge in [0.15, 0.2) is 0 Å². The lowest BCUT2D eigenvalue weighted by molar-refractivity contribution is -0.00786. The van der Waals surface area contributed by atoms with Crippen LogP contribution in [0.3, 0.4) is 0 Å². The van der Waals surface area contributed by atoms with Gasteiger partial charge in [0.05, 0.1) is 7.11 Å². The number of amides is 1. The summed E-state index contributed by atoms with van der Waals surface area (Å²) in [6.07, 6.45) is 2.33. The number of rotatable bonds is 0. The van der Waals surface area contributed by atoms with Crippen LogP contribution in [0.2, 0.25) is 0 Å². The molecular weight excluding hydrogens is 290 g/mol. The van der Waals surface area contributed by atoms with Gasteiger partial charge in [0.25, 0.3) is 0 Å². The van der Waals surface area contributed by atoms with Crippen molar-refractivity contribution in [1.29, 1.82) is 0 Å². The van der Waals surface area contributed by atoms with E-state index >= 15 is 0 Å². The molecule has 23 heavy (non-hydrogen) atoms. The van der Waals surface area contributed by atoms with Crippen molar-refractivity contribution in [2.45, 2.75) is 31.8 Å². The minimum absolute atomic E-state index is 0.00709. The summed E-state index contributed by atoms with van der Waals surface area (Å²) in [4.78, 5) is 13.5. The number of benzene rings is 1. The van der Waals surface area contributed by atoms with Crippen molar-refractivity contribution in [2.75, 3.05) is 20.2 Å². The maximum Gasteiger partial charge on any atom is 0.409 e. The Morgan fingerprint density at radius 2 is 2.26 bits per heavy atom. The van der Waals surface area contributed by atoms with Crippen molar-refractivity contribution in [3.63, 3.8) is 0 Å². The summed E-state index contributed by atoms with van der Waals surface area (Å²) in [6, 6.07) is 7.98. The molecular formula is C19H23NO3. The van der Waals surface area contributed by atoms with Crippen molar-refractivity contribution >= 4 is 6.09 Å². The molecule has 4 nitrogen and oxygen atoms in total. The summed E-state index contributed by atoms with van der Waals surface area (Å²) >= 11 is 0. The molecule has 3 atom stereocenters. The zero-order valence-electron chi connectivity index (χ0n) is 13.7. The summed E-state index contributed by atoms with van der Waals surface area (Å²) in [6.45, 7) is 3.21. The largest absolute Gasteiger partial charge is 0.453 e. The van der Waals surface area contributed by atoms with Crippen molar-refractivity contribution in [3.05, 3.63) is 35.4 Å². The molecule has 122 valence electrons. The Balaban J connectivity index is 1.82. The smallest absolute Gasteiger partial charge is 0.409 e. The molecule has 0 radical (unpaired) electrons. The molecule has 2 aliphatic rings. The van der Waals surface area contributed by atoms with E-state index in [9.17, 15) is 9.90 Å². The highest BCUT2D eigenvalue weighted by Gasteiger charge is 2.49. The molecule has 0 bridgehead atoms. The summed E-state index contributed by atoms with van der Waals surface area (Å²) in [5.74, 6) is 6.56. The molecule has 0 aromatic heterocycles. The van der Waals surface area contributed by atoms with Gasteiger partial charge < -0.3 is 14.7 Å². The molecule has 3 rings (SSSR count). The third-order valence-corrected chi connectivity index (χ3v) is 5.06. The Hall–Kier alpha value is -1.99. The van der Waals surface area contributed by atoms with E-state index in [0.717, 1.165) is 24.0 Å². The predicted molar refractivity (Wildman–Crippen MR) is 87.8 cm³/mol. The van der Waals surface area contributed by atoms with Crippen molar-refractivity contribution in [1.82, 2.24) is 4.90 Å². The number of carbonyl (C=O) groups is 1. The van der Waals surface area contributed by atoms with E-state index < -0.39 is 5.60 Å². The average molecular weight is 313 g/mol. The number of aliphatic hydroxyl groups is 1. The molecule has 1 saturated carbocycles. The topological polar surface area (TPSA) is 49.8 Å². The number of hydrogen-bond donors (Lipinski definition) is 1. The van der Waals surface area contributed by atoms with E-state index in [1.165, 1.54) is 7.11 Å². The minimum atomic E-state index is -1.02. The van der Waals surface area contributed by atoms with E-state index in [2.05, 4.69) is 11.8 Å². The maximum absolute atomic E-state index is 11.8. The third kappa shape index (κ3) is 3.20. The number of nitrogens with zero attached hydrogens (tertiary/aromatic N) is 1. The van der Waals surface area contributed by atoms with Gasteiger partial charge in [-0.3, -0.25) is 0 Å². The molecule has 1 unspecified atom stereocenters. The number of ether oxygens (including phenoxy) is 1. The van der Waals surface area contributed by atoms with Crippen LogP contribution in [-0.4, -0.2) is 41.9 Å². The predicted octanol–water partition coefficient (Wildman–Crippen LogP) is 2.58. The molecule has 1 N–H and O–H groups in total. The fraction of sp³-hybridized carbons (Fsp3) is 0.526. The fourth-order valence-electron chi connectivity index (χ4n) is 3.86. The van der Waals surface area contributed by atoms with E-state index in [4.69, 9.17) is 4.74 Å². The Morgan fingerprint density at radius 1 is 1.43 bits per heavy atom. The van der Waals surface area contributed by atoms with Crippen LogP contribution in [0, 0.1) is 30.6 Å². The first-order valence-electron chi connectivity index (χ1n) is 8.17. The summed E-state index contributed by atoms with van der Waals surface area (Å²) < 4.78 is 4.82. The second-order valence-electron chi connectivity index (χ2n) is 6.68. The Kier molecular flexibility index (Phi) is 4.32. The van der Waals surface area contributed by atoms with Gasteiger partial charge in [0.1, 0.15) is 5.60 Å². The van der Waals surface area contributed by atoms with Crippen LogP contribution < -0.4 is 0 Å². The number of carbonyl (C=O) groups excluding carboxylic acids is 1. The van der Waals surface area contributed by atoms with E-state index in [-0.39, 0.29) is 12.0 Å². The number of methoxy groups -OCH3 is 1. The zero-order valence-corrected chi connectivity index (χ0v) is 13.7. The first-order chi connectivity index (χ1) is 11.0. The Morgan fingerprint density at radius 3 is 3.00 bits per heavy atom. The Bertz CT molecular complexity index is 660. The number of aryl methyl sites for hydroxylation is 1. The number of hydrogen-bond acceptors (Lipinski definition) is 3. The third-order valence-electron chi connectivity index (χ3n) is 5.06. The van der Waals surface area contributed by atoms with Gasteiger partial charge in [-0.15, -0.1) is 0 Å². The highest BCUT2D eigenvalue weighted by molar-refractivity contribution is 5.68. The van der Waals surface area contributed by atoms with Gasteiger partial charge in [-0.25, -0.2) is 4.79 Å². The molecule has 1 aromatic rings. The first kappa shape index (κ1) is 15.9. The second-order valence-corrected chi connectivity index (χ2v) is 6.68. The van der Waals surface area contributed by atoms with Gasteiger partial charge >= 0.3 is 6.09 Å². The summed E-state index contributed by atoms with van der Waals surface area (Å²) in [5, 5.41) is 11.1. The fourth-order valence-corrected chi connectivity index (χ4v) is 3.86. The molecule has 2 fully saturated rings. The molecule has 1 saturated heterocycles. The van der Waals surface area contributed by atoms with Gasteiger partial charge in [-0.2, -0.15) is 0 Å². The quantitative estimate of drug-likeness (QED) is 0.749. The van der Waals surface area contributed by atoms with Crippen molar-refractivity contribution < 1.29 is 14.6 Å². The highest BCUT2D eigenvalue weighted by Crippen LogP contribution is 2.42. The van der Waals surface area contributed by atoms with Gasteiger partial charge in [-0.1, -0.05) is 24.0 Å². The van der Waals surface area contributed by atoms with Gasteiger partial charge in [0, 0.05) is 24.6 Å². The lowest BCUT2D eigenvalue weighted by atomic mass is 9.71. The lowest BCUT2D eigenvalue weighted by Crippen LogP contribution is -2.44. The molecule has 1 aliphatic heterocycles. The number of fused-ring (bicyclic) bond motifs is 1.